The standard InChI is InChI=1S/C29H57N3/c1-4-23-8-10-25(11-9-23)20-26-12-13-27(31)21-28(26)29(14-17-30)32-18-15-24(16-19-32)7-5-6-22(2)3/h22-29H,4-21,30-31H2,1-3H3. The van der Waals surface area contributed by atoms with E-state index in [1.807, 2.05) is 0 Å². The molecule has 4 unspecified atom stereocenters. The molecule has 3 heteroatoms. The number of rotatable bonds is 11. The zero-order valence-corrected chi connectivity index (χ0v) is 21.9. The Morgan fingerprint density at radius 3 is 2.16 bits per heavy atom. The van der Waals surface area contributed by atoms with Crippen LogP contribution in [0.5, 0.6) is 0 Å². The predicted octanol–water partition coefficient (Wildman–Crippen LogP) is 6.59. The molecule has 0 bridgehead atoms. The van der Waals surface area contributed by atoms with Crippen LogP contribution in [0.1, 0.15) is 117 Å². The zero-order valence-electron chi connectivity index (χ0n) is 21.9. The van der Waals surface area contributed by atoms with Crippen molar-refractivity contribution in [2.24, 2.45) is 47.0 Å². The first-order valence-corrected chi connectivity index (χ1v) is 14.7. The number of nitrogens with zero attached hydrogens (tertiary/aromatic N) is 1. The summed E-state index contributed by atoms with van der Waals surface area (Å²) in [4.78, 5) is 2.87. The van der Waals surface area contributed by atoms with E-state index >= 15 is 0 Å². The Bertz CT molecular complexity index is 491. The molecule has 0 aromatic rings. The van der Waals surface area contributed by atoms with Gasteiger partial charge in [-0.05, 0) is 100 Å². The number of hydrogen-bond acceptors (Lipinski definition) is 3. The third kappa shape index (κ3) is 7.98. The van der Waals surface area contributed by atoms with Crippen LogP contribution in [0, 0.1) is 35.5 Å². The number of hydrogen-bond donors (Lipinski definition) is 2. The van der Waals surface area contributed by atoms with Crippen molar-refractivity contribution in [1.82, 2.24) is 4.90 Å². The minimum absolute atomic E-state index is 0.418. The topological polar surface area (TPSA) is 55.3 Å². The lowest BCUT2D eigenvalue weighted by molar-refractivity contribution is 0.0318. The summed E-state index contributed by atoms with van der Waals surface area (Å²) in [5, 5.41) is 0. The first-order chi connectivity index (χ1) is 15.5. The zero-order chi connectivity index (χ0) is 22.9. The van der Waals surface area contributed by atoms with Crippen LogP contribution in [0.4, 0.5) is 0 Å². The van der Waals surface area contributed by atoms with Crippen LogP contribution < -0.4 is 11.5 Å². The molecular weight excluding hydrogens is 390 g/mol. The Hall–Kier alpha value is -0.120. The smallest absolute Gasteiger partial charge is 0.0139 e. The van der Waals surface area contributed by atoms with Crippen LogP contribution in [-0.2, 0) is 0 Å². The summed E-state index contributed by atoms with van der Waals surface area (Å²) in [6.45, 7) is 10.5. The molecule has 2 aliphatic carbocycles. The fraction of sp³-hybridized carbons (Fsp3) is 1.00. The molecule has 1 heterocycles. The van der Waals surface area contributed by atoms with E-state index in [4.69, 9.17) is 11.5 Å². The van der Waals surface area contributed by atoms with E-state index in [-0.39, 0.29) is 0 Å². The summed E-state index contributed by atoms with van der Waals surface area (Å²) in [6, 6.07) is 1.10. The van der Waals surface area contributed by atoms with Gasteiger partial charge in [0.2, 0.25) is 0 Å². The van der Waals surface area contributed by atoms with Crippen LogP contribution in [0.15, 0.2) is 0 Å². The predicted molar refractivity (Wildman–Crippen MR) is 140 cm³/mol. The largest absolute Gasteiger partial charge is 0.330 e. The van der Waals surface area contributed by atoms with E-state index in [0.717, 1.165) is 42.1 Å². The fourth-order valence-electron chi connectivity index (χ4n) is 7.60. The maximum absolute atomic E-state index is 6.57. The van der Waals surface area contributed by atoms with E-state index in [1.54, 1.807) is 0 Å². The molecule has 4 N–H and O–H groups in total. The van der Waals surface area contributed by atoms with Gasteiger partial charge in [0.25, 0.3) is 0 Å². The molecular formula is C29H57N3. The van der Waals surface area contributed by atoms with Crippen LogP contribution >= 0.6 is 0 Å². The highest BCUT2D eigenvalue weighted by Crippen LogP contribution is 2.43. The molecule has 0 spiro atoms. The molecule has 0 amide bonds. The van der Waals surface area contributed by atoms with E-state index in [9.17, 15) is 0 Å². The van der Waals surface area contributed by atoms with E-state index in [0.29, 0.717) is 12.1 Å². The van der Waals surface area contributed by atoms with Crippen molar-refractivity contribution in [2.75, 3.05) is 19.6 Å². The van der Waals surface area contributed by atoms with E-state index in [2.05, 4.69) is 25.7 Å². The van der Waals surface area contributed by atoms with Crippen molar-refractivity contribution in [3.63, 3.8) is 0 Å². The summed E-state index contributed by atoms with van der Waals surface area (Å²) >= 11 is 0. The van der Waals surface area contributed by atoms with Crippen LogP contribution in [0.2, 0.25) is 0 Å². The van der Waals surface area contributed by atoms with Gasteiger partial charge in [-0.25, -0.2) is 0 Å². The van der Waals surface area contributed by atoms with E-state index < -0.39 is 0 Å². The first kappa shape index (κ1) is 26.5. The Morgan fingerprint density at radius 2 is 1.53 bits per heavy atom. The molecule has 4 atom stereocenters. The van der Waals surface area contributed by atoms with Crippen LogP contribution in [0.25, 0.3) is 0 Å². The minimum atomic E-state index is 0.418. The molecule has 3 nitrogen and oxygen atoms in total. The molecule has 2 saturated carbocycles. The van der Waals surface area contributed by atoms with E-state index in [1.165, 1.54) is 109 Å². The molecule has 3 rings (SSSR count). The van der Waals surface area contributed by atoms with Gasteiger partial charge >= 0.3 is 0 Å². The molecule has 188 valence electrons. The highest BCUT2D eigenvalue weighted by molar-refractivity contribution is 4.93. The first-order valence-electron chi connectivity index (χ1n) is 14.7. The molecule has 1 saturated heterocycles. The Kier molecular flexibility index (Phi) is 11.3. The SMILES string of the molecule is CCC1CCC(CC2CCC(N)CC2C(CCN)N2CCC(CCCC(C)C)CC2)CC1. The van der Waals surface area contributed by atoms with Gasteiger partial charge < -0.3 is 16.4 Å². The minimum Gasteiger partial charge on any atom is -0.330 e. The molecule has 0 aromatic heterocycles. The number of piperidine rings is 1. The average molecular weight is 448 g/mol. The highest BCUT2D eigenvalue weighted by Gasteiger charge is 2.39. The maximum Gasteiger partial charge on any atom is 0.0139 e. The summed E-state index contributed by atoms with van der Waals surface area (Å²) < 4.78 is 0. The molecule has 0 aromatic carbocycles. The normalized spacial score (nSPS) is 34.1. The molecule has 1 aliphatic heterocycles. The second kappa shape index (κ2) is 13.7. The second-order valence-corrected chi connectivity index (χ2v) is 12.5. The van der Waals surface area contributed by atoms with Crippen molar-refractivity contribution >= 4 is 0 Å². The third-order valence-electron chi connectivity index (χ3n) is 9.74. The summed E-state index contributed by atoms with van der Waals surface area (Å²) in [7, 11) is 0. The van der Waals surface area contributed by atoms with Gasteiger partial charge in [-0.15, -0.1) is 0 Å². The number of likely N-dealkylation sites (tertiary alicyclic amines) is 1. The Balaban J connectivity index is 1.56. The summed E-state index contributed by atoms with van der Waals surface area (Å²) in [6.07, 6.45) is 20.9. The lowest BCUT2D eigenvalue weighted by Crippen LogP contribution is -2.51. The fourth-order valence-corrected chi connectivity index (χ4v) is 7.60. The van der Waals surface area contributed by atoms with Crippen molar-refractivity contribution < 1.29 is 0 Å². The third-order valence-corrected chi connectivity index (χ3v) is 9.74. The van der Waals surface area contributed by atoms with Gasteiger partial charge in [0.1, 0.15) is 0 Å². The summed E-state index contributed by atoms with van der Waals surface area (Å²) in [5.74, 6) is 5.47. The van der Waals surface area contributed by atoms with Gasteiger partial charge in [0, 0.05) is 12.1 Å². The van der Waals surface area contributed by atoms with Gasteiger partial charge in [0.15, 0.2) is 0 Å². The van der Waals surface area contributed by atoms with Gasteiger partial charge in [-0.2, -0.15) is 0 Å². The molecule has 0 radical (unpaired) electrons. The molecule has 3 fully saturated rings. The lowest BCUT2D eigenvalue weighted by atomic mass is 9.67. The maximum atomic E-state index is 6.57. The van der Waals surface area contributed by atoms with Gasteiger partial charge in [-0.3, -0.25) is 0 Å². The lowest BCUT2D eigenvalue weighted by Gasteiger charge is -2.47. The Labute approximate surface area is 200 Å². The molecule has 32 heavy (non-hydrogen) atoms. The van der Waals surface area contributed by atoms with Gasteiger partial charge in [-0.1, -0.05) is 72.1 Å². The van der Waals surface area contributed by atoms with Crippen LogP contribution in [0.3, 0.4) is 0 Å². The highest BCUT2D eigenvalue weighted by atomic mass is 15.2. The monoisotopic (exact) mass is 447 g/mol. The molecule has 3 aliphatic rings. The summed E-state index contributed by atoms with van der Waals surface area (Å²) in [5.41, 5.74) is 12.8. The van der Waals surface area contributed by atoms with Crippen molar-refractivity contribution in [2.45, 2.75) is 129 Å². The van der Waals surface area contributed by atoms with Gasteiger partial charge in [0.05, 0.1) is 0 Å². The second-order valence-electron chi connectivity index (χ2n) is 12.5. The quantitative estimate of drug-likeness (QED) is 0.375. The van der Waals surface area contributed by atoms with Crippen molar-refractivity contribution in [1.29, 1.82) is 0 Å². The van der Waals surface area contributed by atoms with Crippen molar-refractivity contribution in [3.05, 3.63) is 0 Å². The number of nitrogens with two attached hydrogens (primary N) is 2. The van der Waals surface area contributed by atoms with Crippen LogP contribution in [-0.4, -0.2) is 36.6 Å². The Morgan fingerprint density at radius 1 is 0.844 bits per heavy atom. The van der Waals surface area contributed by atoms with Crippen molar-refractivity contribution in [3.8, 4) is 0 Å². The average Bonchev–Trinajstić information content (AvgIpc) is 2.79.